The van der Waals surface area contributed by atoms with Crippen LogP contribution in [0.2, 0.25) is 0 Å². The summed E-state index contributed by atoms with van der Waals surface area (Å²) in [5.74, 6) is 1.46. The number of carbonyl (C=O) groups excluding carboxylic acids is 1. The molecule has 0 saturated carbocycles. The zero-order chi connectivity index (χ0) is 18.7. The highest BCUT2D eigenvalue weighted by Crippen LogP contribution is 2.27. The number of nitrogens with zero attached hydrogens (tertiary/aromatic N) is 3. The smallest absolute Gasteiger partial charge is 0.234 e. The van der Waals surface area contributed by atoms with Crippen LogP contribution in [0.3, 0.4) is 0 Å². The third-order valence-corrected chi connectivity index (χ3v) is 5.34. The molecule has 0 atom stereocenters. The van der Waals surface area contributed by atoms with E-state index in [1.54, 1.807) is 0 Å². The van der Waals surface area contributed by atoms with E-state index in [9.17, 15) is 4.79 Å². The van der Waals surface area contributed by atoms with Crippen LogP contribution in [0.4, 0.5) is 5.69 Å². The average molecular weight is 435 g/mol. The average Bonchev–Trinajstić information content (AvgIpc) is 3.21. The topological polar surface area (TPSA) is 73.0 Å². The van der Waals surface area contributed by atoms with Gasteiger partial charge in [-0.25, -0.2) is 0 Å². The first-order chi connectivity index (χ1) is 12.5. The minimum absolute atomic E-state index is 0.0776. The second kappa shape index (κ2) is 8.09. The predicted octanol–water partition coefficient (Wildman–Crippen LogP) is 4.67. The minimum atomic E-state index is -0.0776. The standard InChI is InChI=1S/C18H19BrN4O2S/c1-4-23-17(14-7-8-15(19)25-14)21-22-18(23)26-10-16(24)20-13-6-5-11(2)12(3)9-13/h5-9H,4,10H2,1-3H3,(H,20,24). The van der Waals surface area contributed by atoms with E-state index in [0.717, 1.165) is 11.3 Å². The summed E-state index contributed by atoms with van der Waals surface area (Å²) in [4.78, 5) is 12.2. The summed E-state index contributed by atoms with van der Waals surface area (Å²) >= 11 is 4.64. The molecular weight excluding hydrogens is 416 g/mol. The van der Waals surface area contributed by atoms with Crippen molar-refractivity contribution in [3.05, 3.63) is 46.1 Å². The maximum atomic E-state index is 12.2. The van der Waals surface area contributed by atoms with Crippen molar-refractivity contribution >= 4 is 39.3 Å². The maximum Gasteiger partial charge on any atom is 0.234 e. The highest BCUT2D eigenvalue weighted by Gasteiger charge is 2.17. The molecule has 2 heterocycles. The van der Waals surface area contributed by atoms with Crippen molar-refractivity contribution in [2.75, 3.05) is 11.1 Å². The van der Waals surface area contributed by atoms with E-state index in [-0.39, 0.29) is 11.7 Å². The van der Waals surface area contributed by atoms with E-state index < -0.39 is 0 Å². The van der Waals surface area contributed by atoms with Gasteiger partial charge in [0.05, 0.1) is 5.75 Å². The first-order valence-corrected chi connectivity index (χ1v) is 9.94. The first kappa shape index (κ1) is 18.7. The number of benzene rings is 1. The van der Waals surface area contributed by atoms with Gasteiger partial charge in [-0.3, -0.25) is 9.36 Å². The van der Waals surface area contributed by atoms with Gasteiger partial charge in [0.2, 0.25) is 11.7 Å². The van der Waals surface area contributed by atoms with Gasteiger partial charge in [-0.15, -0.1) is 10.2 Å². The lowest BCUT2D eigenvalue weighted by atomic mass is 10.1. The van der Waals surface area contributed by atoms with Crippen molar-refractivity contribution in [2.45, 2.75) is 32.5 Å². The monoisotopic (exact) mass is 434 g/mol. The number of aryl methyl sites for hydroxylation is 2. The Hall–Kier alpha value is -2.06. The Bertz CT molecular complexity index is 935. The van der Waals surface area contributed by atoms with Gasteiger partial charge in [0.25, 0.3) is 0 Å². The molecule has 1 N–H and O–H groups in total. The van der Waals surface area contributed by atoms with Crippen molar-refractivity contribution in [2.24, 2.45) is 0 Å². The maximum absolute atomic E-state index is 12.2. The predicted molar refractivity (Wildman–Crippen MR) is 106 cm³/mol. The normalized spacial score (nSPS) is 10.9. The van der Waals surface area contributed by atoms with Gasteiger partial charge in [0, 0.05) is 12.2 Å². The molecule has 0 spiro atoms. The summed E-state index contributed by atoms with van der Waals surface area (Å²) in [6.45, 7) is 6.76. The molecule has 1 aromatic carbocycles. The molecule has 0 radical (unpaired) electrons. The Labute approximate surface area is 164 Å². The van der Waals surface area contributed by atoms with Crippen LogP contribution in [0.15, 0.2) is 44.6 Å². The summed E-state index contributed by atoms with van der Waals surface area (Å²) < 4.78 is 8.12. The van der Waals surface area contributed by atoms with Gasteiger partial charge in [-0.1, -0.05) is 17.8 Å². The van der Waals surface area contributed by atoms with E-state index >= 15 is 0 Å². The van der Waals surface area contributed by atoms with Crippen LogP contribution < -0.4 is 5.32 Å². The summed E-state index contributed by atoms with van der Waals surface area (Å²) in [5, 5.41) is 12.0. The van der Waals surface area contributed by atoms with Crippen molar-refractivity contribution < 1.29 is 9.21 Å². The third-order valence-electron chi connectivity index (χ3n) is 3.95. The van der Waals surface area contributed by atoms with Crippen LogP contribution >= 0.6 is 27.7 Å². The van der Waals surface area contributed by atoms with Gasteiger partial charge in [0.1, 0.15) is 0 Å². The molecule has 6 nitrogen and oxygen atoms in total. The zero-order valence-electron chi connectivity index (χ0n) is 14.7. The first-order valence-electron chi connectivity index (χ1n) is 8.16. The number of amides is 1. The number of hydrogen-bond donors (Lipinski definition) is 1. The zero-order valence-corrected chi connectivity index (χ0v) is 17.1. The molecule has 0 unspecified atom stereocenters. The van der Waals surface area contributed by atoms with E-state index in [2.05, 4.69) is 31.4 Å². The van der Waals surface area contributed by atoms with Gasteiger partial charge in [0.15, 0.2) is 15.6 Å². The fourth-order valence-corrected chi connectivity index (χ4v) is 3.55. The van der Waals surface area contributed by atoms with Crippen LogP contribution in [0, 0.1) is 13.8 Å². The van der Waals surface area contributed by atoms with Crippen LogP contribution in [0.1, 0.15) is 18.1 Å². The molecule has 0 aliphatic rings. The lowest BCUT2D eigenvalue weighted by Gasteiger charge is -2.08. The SMILES string of the molecule is CCn1c(SCC(=O)Nc2ccc(C)c(C)c2)nnc1-c1ccc(Br)o1. The molecule has 1 amide bonds. The van der Waals surface area contributed by atoms with Crippen LogP contribution in [0.5, 0.6) is 0 Å². The number of halogens is 1. The fraction of sp³-hybridized carbons (Fsp3) is 0.278. The molecular formula is C18H19BrN4O2S. The lowest BCUT2D eigenvalue weighted by Crippen LogP contribution is -2.14. The Morgan fingerprint density at radius 1 is 1.23 bits per heavy atom. The quantitative estimate of drug-likeness (QED) is 0.570. The molecule has 0 aliphatic carbocycles. The van der Waals surface area contributed by atoms with E-state index in [1.807, 2.05) is 55.7 Å². The second-order valence-corrected chi connectivity index (χ2v) is 7.51. The number of hydrogen-bond acceptors (Lipinski definition) is 5. The van der Waals surface area contributed by atoms with Crippen molar-refractivity contribution in [3.63, 3.8) is 0 Å². The number of anilines is 1. The minimum Gasteiger partial charge on any atom is -0.446 e. The van der Waals surface area contributed by atoms with Gasteiger partial charge < -0.3 is 9.73 Å². The number of aromatic nitrogens is 3. The summed E-state index contributed by atoms with van der Waals surface area (Å²) in [5.41, 5.74) is 3.15. The fourth-order valence-electron chi connectivity index (χ4n) is 2.44. The molecule has 3 rings (SSSR count). The van der Waals surface area contributed by atoms with Crippen molar-refractivity contribution in [1.29, 1.82) is 0 Å². The lowest BCUT2D eigenvalue weighted by molar-refractivity contribution is -0.113. The summed E-state index contributed by atoms with van der Waals surface area (Å²) in [6, 6.07) is 9.53. The Kier molecular flexibility index (Phi) is 5.83. The Balaban J connectivity index is 1.66. The molecule has 0 aliphatic heterocycles. The van der Waals surface area contributed by atoms with Crippen molar-refractivity contribution in [1.82, 2.24) is 14.8 Å². The highest BCUT2D eigenvalue weighted by atomic mass is 79.9. The number of nitrogens with one attached hydrogen (secondary N) is 1. The highest BCUT2D eigenvalue weighted by molar-refractivity contribution is 9.10. The summed E-state index contributed by atoms with van der Waals surface area (Å²) in [6.07, 6.45) is 0. The van der Waals surface area contributed by atoms with Gasteiger partial charge in [-0.05, 0) is 72.1 Å². The number of thioether (sulfide) groups is 1. The third kappa shape index (κ3) is 4.19. The molecule has 0 bridgehead atoms. The van der Waals surface area contributed by atoms with Crippen LogP contribution in [-0.2, 0) is 11.3 Å². The number of furan rings is 1. The Morgan fingerprint density at radius 2 is 2.04 bits per heavy atom. The molecule has 2 aromatic heterocycles. The van der Waals surface area contributed by atoms with Crippen LogP contribution in [0.25, 0.3) is 11.6 Å². The number of carbonyl (C=O) groups is 1. The van der Waals surface area contributed by atoms with E-state index in [4.69, 9.17) is 4.42 Å². The van der Waals surface area contributed by atoms with E-state index in [1.165, 1.54) is 17.3 Å². The molecule has 136 valence electrons. The Morgan fingerprint density at radius 3 is 2.69 bits per heavy atom. The molecule has 8 heteroatoms. The van der Waals surface area contributed by atoms with Gasteiger partial charge >= 0.3 is 0 Å². The molecule has 0 saturated heterocycles. The number of rotatable bonds is 6. The molecule has 0 fully saturated rings. The molecule has 26 heavy (non-hydrogen) atoms. The largest absolute Gasteiger partial charge is 0.446 e. The van der Waals surface area contributed by atoms with E-state index in [0.29, 0.717) is 28.0 Å². The second-order valence-electron chi connectivity index (χ2n) is 5.79. The van der Waals surface area contributed by atoms with Crippen molar-refractivity contribution in [3.8, 4) is 11.6 Å². The van der Waals surface area contributed by atoms with Gasteiger partial charge in [-0.2, -0.15) is 0 Å². The molecule has 3 aromatic rings. The summed E-state index contributed by atoms with van der Waals surface area (Å²) in [7, 11) is 0. The van der Waals surface area contributed by atoms with Crippen LogP contribution in [-0.4, -0.2) is 26.4 Å².